The molecule has 26 heavy (non-hydrogen) atoms. The number of fused-ring (bicyclic) bond motifs is 3. The first kappa shape index (κ1) is 16.7. The zero-order chi connectivity index (χ0) is 18.3. The predicted octanol–water partition coefficient (Wildman–Crippen LogP) is 4.76. The molecule has 0 spiro atoms. The summed E-state index contributed by atoms with van der Waals surface area (Å²) in [5.74, 6) is 0.686. The van der Waals surface area contributed by atoms with Crippen LogP contribution in [0.1, 0.15) is 11.1 Å². The molecule has 4 rings (SSSR count). The number of nitrogens with zero attached hydrogens (tertiary/aromatic N) is 2. The van der Waals surface area contributed by atoms with Gasteiger partial charge in [-0.05, 0) is 37.1 Å². The van der Waals surface area contributed by atoms with E-state index in [9.17, 15) is 4.79 Å². The molecule has 0 saturated heterocycles. The van der Waals surface area contributed by atoms with Crippen LogP contribution in [0, 0.1) is 13.8 Å². The Balaban J connectivity index is 2.11. The number of aryl methyl sites for hydroxylation is 1. The summed E-state index contributed by atoms with van der Waals surface area (Å²) < 4.78 is 1.72. The quantitative estimate of drug-likeness (QED) is 0.324. The van der Waals surface area contributed by atoms with Gasteiger partial charge in [0, 0.05) is 16.7 Å². The summed E-state index contributed by atoms with van der Waals surface area (Å²) in [6, 6.07) is 13.9. The van der Waals surface area contributed by atoms with Crippen molar-refractivity contribution in [3.8, 4) is 5.69 Å². The average Bonchev–Trinajstić information content (AvgIpc) is 3.02. The van der Waals surface area contributed by atoms with E-state index < -0.39 is 0 Å². The molecule has 2 aromatic carbocycles. The number of nitrogens with one attached hydrogen (secondary N) is 1. The number of rotatable bonds is 4. The highest BCUT2D eigenvalue weighted by Gasteiger charge is 2.18. The zero-order valence-electron chi connectivity index (χ0n) is 14.7. The van der Waals surface area contributed by atoms with Gasteiger partial charge >= 0.3 is 0 Å². The van der Waals surface area contributed by atoms with E-state index in [2.05, 4.69) is 24.6 Å². The van der Waals surface area contributed by atoms with Crippen molar-refractivity contribution in [1.29, 1.82) is 0 Å². The monoisotopic (exact) mass is 361 g/mol. The van der Waals surface area contributed by atoms with Gasteiger partial charge in [0.25, 0.3) is 5.56 Å². The number of thioether (sulfide) groups is 1. The van der Waals surface area contributed by atoms with Gasteiger partial charge in [0.05, 0.1) is 5.69 Å². The number of para-hydroxylation sites is 1. The maximum absolute atomic E-state index is 13.4. The highest BCUT2D eigenvalue weighted by Crippen LogP contribution is 2.27. The number of H-pyrrole nitrogens is 1. The lowest BCUT2D eigenvalue weighted by atomic mass is 10.1. The van der Waals surface area contributed by atoms with Crippen LogP contribution in [0.2, 0.25) is 0 Å². The molecule has 4 nitrogen and oxygen atoms in total. The van der Waals surface area contributed by atoms with Crippen LogP contribution in [0.5, 0.6) is 0 Å². The molecule has 0 amide bonds. The molecule has 0 saturated carbocycles. The fourth-order valence-corrected chi connectivity index (χ4v) is 3.90. The molecule has 2 heterocycles. The van der Waals surface area contributed by atoms with E-state index >= 15 is 0 Å². The first-order valence-corrected chi connectivity index (χ1v) is 9.44. The van der Waals surface area contributed by atoms with E-state index in [1.807, 2.05) is 49.4 Å². The van der Waals surface area contributed by atoms with Gasteiger partial charge in [-0.3, -0.25) is 9.36 Å². The van der Waals surface area contributed by atoms with Crippen molar-refractivity contribution < 1.29 is 0 Å². The Hall–Kier alpha value is -2.79. The third kappa shape index (κ3) is 2.56. The first-order chi connectivity index (χ1) is 12.6. The van der Waals surface area contributed by atoms with Crippen LogP contribution < -0.4 is 5.56 Å². The Morgan fingerprint density at radius 3 is 2.81 bits per heavy atom. The second-order valence-electron chi connectivity index (χ2n) is 6.25. The van der Waals surface area contributed by atoms with Gasteiger partial charge in [-0.25, -0.2) is 4.98 Å². The number of aromatic nitrogens is 3. The Bertz CT molecular complexity index is 1200. The smallest absolute Gasteiger partial charge is 0.283 e. The number of hydrogen-bond donors (Lipinski definition) is 1. The van der Waals surface area contributed by atoms with E-state index in [1.165, 1.54) is 11.8 Å². The summed E-state index contributed by atoms with van der Waals surface area (Å²) in [6.07, 6.45) is 1.82. The Morgan fingerprint density at radius 1 is 1.19 bits per heavy atom. The molecule has 0 unspecified atom stereocenters. The largest absolute Gasteiger partial charge is 0.349 e. The molecule has 0 radical (unpaired) electrons. The Labute approximate surface area is 155 Å². The Kier molecular flexibility index (Phi) is 4.17. The molecule has 130 valence electrons. The normalized spacial score (nSPS) is 11.3. The molecule has 0 bridgehead atoms. The maximum atomic E-state index is 13.4. The van der Waals surface area contributed by atoms with Gasteiger partial charge in [-0.15, -0.1) is 6.58 Å². The van der Waals surface area contributed by atoms with Crippen LogP contribution in [-0.4, -0.2) is 20.3 Å². The molecule has 2 aromatic heterocycles. The van der Waals surface area contributed by atoms with Gasteiger partial charge < -0.3 is 4.98 Å². The van der Waals surface area contributed by atoms with Gasteiger partial charge in [-0.2, -0.15) is 0 Å². The summed E-state index contributed by atoms with van der Waals surface area (Å²) in [5.41, 5.74) is 5.19. The molecule has 0 aliphatic carbocycles. The van der Waals surface area contributed by atoms with Crippen LogP contribution in [0.3, 0.4) is 0 Å². The minimum Gasteiger partial charge on any atom is -0.349 e. The molecule has 0 atom stereocenters. The highest BCUT2D eigenvalue weighted by molar-refractivity contribution is 7.99. The molecule has 1 N–H and O–H groups in total. The van der Waals surface area contributed by atoms with Crippen LogP contribution in [0.25, 0.3) is 27.6 Å². The van der Waals surface area contributed by atoms with E-state index in [0.29, 0.717) is 16.4 Å². The van der Waals surface area contributed by atoms with Crippen LogP contribution in [-0.2, 0) is 0 Å². The van der Waals surface area contributed by atoms with Crippen molar-refractivity contribution in [3.05, 3.63) is 76.6 Å². The van der Waals surface area contributed by atoms with Gasteiger partial charge in [-0.1, -0.05) is 48.2 Å². The third-order valence-corrected chi connectivity index (χ3v) is 5.58. The lowest BCUT2D eigenvalue weighted by Crippen LogP contribution is -2.22. The molecule has 0 fully saturated rings. The molecular weight excluding hydrogens is 342 g/mol. The Morgan fingerprint density at radius 2 is 2.00 bits per heavy atom. The van der Waals surface area contributed by atoms with Crippen molar-refractivity contribution in [2.45, 2.75) is 19.0 Å². The van der Waals surface area contributed by atoms with Gasteiger partial charge in [0.15, 0.2) is 5.16 Å². The lowest BCUT2D eigenvalue weighted by molar-refractivity contribution is 0.813. The van der Waals surface area contributed by atoms with Crippen LogP contribution in [0.15, 0.2) is 65.1 Å². The number of hydrogen-bond acceptors (Lipinski definition) is 3. The van der Waals surface area contributed by atoms with Gasteiger partial charge in [0.1, 0.15) is 11.0 Å². The van der Waals surface area contributed by atoms with E-state index in [-0.39, 0.29) is 5.56 Å². The number of aromatic amines is 1. The average molecular weight is 361 g/mol. The predicted molar refractivity (Wildman–Crippen MR) is 110 cm³/mol. The summed E-state index contributed by atoms with van der Waals surface area (Å²) in [6.45, 7) is 7.88. The second-order valence-corrected chi connectivity index (χ2v) is 7.24. The van der Waals surface area contributed by atoms with Crippen molar-refractivity contribution in [3.63, 3.8) is 0 Å². The molecule has 0 aliphatic rings. The van der Waals surface area contributed by atoms with Crippen LogP contribution >= 0.6 is 11.8 Å². The van der Waals surface area contributed by atoms with E-state index in [4.69, 9.17) is 4.98 Å². The highest BCUT2D eigenvalue weighted by atomic mass is 32.2. The van der Waals surface area contributed by atoms with Crippen molar-refractivity contribution in [2.24, 2.45) is 0 Å². The summed E-state index contributed by atoms with van der Waals surface area (Å²) in [7, 11) is 0. The molecule has 0 aliphatic heterocycles. The van der Waals surface area contributed by atoms with Gasteiger partial charge in [0.2, 0.25) is 0 Å². The van der Waals surface area contributed by atoms with E-state index in [1.54, 1.807) is 4.57 Å². The lowest BCUT2D eigenvalue weighted by Gasteiger charge is -2.15. The van der Waals surface area contributed by atoms with E-state index in [0.717, 1.165) is 33.2 Å². The zero-order valence-corrected chi connectivity index (χ0v) is 15.6. The number of benzene rings is 2. The summed E-state index contributed by atoms with van der Waals surface area (Å²) >= 11 is 1.52. The minimum atomic E-state index is -0.0773. The maximum Gasteiger partial charge on any atom is 0.283 e. The second kappa shape index (κ2) is 6.50. The van der Waals surface area contributed by atoms with Crippen molar-refractivity contribution in [2.75, 3.05) is 5.75 Å². The van der Waals surface area contributed by atoms with Crippen molar-refractivity contribution >= 4 is 33.7 Å². The molecule has 4 aromatic rings. The minimum absolute atomic E-state index is 0.0773. The van der Waals surface area contributed by atoms with Crippen LogP contribution in [0.4, 0.5) is 0 Å². The standard InChI is InChI=1S/C21H19N3OS/c1-4-12-26-21-23-18-15-9-5-6-10-16(15)22-19(18)20(25)24(21)17-11-7-8-13(2)14(17)3/h4-11,22H,1,12H2,2-3H3. The SMILES string of the molecule is C=CCSc1nc2c([nH]c3ccccc32)c(=O)n1-c1cccc(C)c1C. The summed E-state index contributed by atoms with van der Waals surface area (Å²) in [5, 5.41) is 1.65. The first-order valence-electron chi connectivity index (χ1n) is 8.45. The summed E-state index contributed by atoms with van der Waals surface area (Å²) in [4.78, 5) is 21.5. The molecular formula is C21H19N3OS. The van der Waals surface area contributed by atoms with Crippen molar-refractivity contribution in [1.82, 2.24) is 14.5 Å². The fourth-order valence-electron chi connectivity index (χ4n) is 3.16. The topological polar surface area (TPSA) is 50.7 Å². The fraction of sp³-hybridized carbons (Fsp3) is 0.143. The molecule has 5 heteroatoms. The third-order valence-electron chi connectivity index (χ3n) is 4.64.